The number of fused-ring (bicyclic) bond motifs is 3. The average Bonchev–Trinajstić information content (AvgIpc) is 3.53. The molecule has 300 valence electrons. The summed E-state index contributed by atoms with van der Waals surface area (Å²) >= 11 is 8.41. The van der Waals surface area contributed by atoms with Crippen LogP contribution in [-0.4, -0.2) is 69.7 Å². The summed E-state index contributed by atoms with van der Waals surface area (Å²) in [4.78, 5) is 57.5. The maximum atomic E-state index is 14.7. The maximum Gasteiger partial charge on any atom is 0.243 e. The van der Waals surface area contributed by atoms with E-state index in [-0.39, 0.29) is 37.0 Å². The van der Waals surface area contributed by atoms with Gasteiger partial charge in [0.05, 0.1) is 11.1 Å². The van der Waals surface area contributed by atoms with Crippen molar-refractivity contribution in [3.63, 3.8) is 0 Å². The van der Waals surface area contributed by atoms with Gasteiger partial charge in [0.25, 0.3) is 0 Å². The number of ketones is 1. The van der Waals surface area contributed by atoms with Gasteiger partial charge in [0.1, 0.15) is 11.1 Å². The molecule has 3 atom stereocenters. The lowest BCUT2D eigenvalue weighted by Crippen LogP contribution is -2.51. The number of Topliss-reactive ketones (excluding diaryl/α,β-unsaturated/α-hetero) is 1. The SMILES string of the molecule is Cc1[nH]c2ccccc2c1C[C@H]1C(=O)NCc2cc(-c3ccnc(F)c3)cc(Cl)c2Sc2ncccc2CN[C@@H](CCCN)C(=O)C[C@@H](CCCCN)C(=O)N1C. The normalized spacial score (nSPS) is 18.6. The number of benzene rings is 2. The number of nitrogens with one attached hydrogen (secondary N) is 3. The number of halogens is 2. The largest absolute Gasteiger partial charge is 0.358 e. The Morgan fingerprint density at radius 3 is 2.51 bits per heavy atom. The Morgan fingerprint density at radius 1 is 0.912 bits per heavy atom. The number of H-pyrrole nitrogens is 1. The summed E-state index contributed by atoms with van der Waals surface area (Å²) in [6, 6.07) is 16.8. The maximum absolute atomic E-state index is 14.7. The van der Waals surface area contributed by atoms with Crippen molar-refractivity contribution in [1.82, 2.24) is 30.5 Å². The molecule has 1 aliphatic heterocycles. The number of carbonyl (C=O) groups excluding carboxylic acids is 3. The van der Waals surface area contributed by atoms with Gasteiger partial charge in [-0.15, -0.1) is 0 Å². The van der Waals surface area contributed by atoms with E-state index in [9.17, 15) is 18.8 Å². The molecular weight excluding hydrogens is 763 g/mol. The van der Waals surface area contributed by atoms with Gasteiger partial charge in [-0.05, 0) is 104 Å². The number of para-hydroxylation sites is 1. The molecule has 0 bridgehead atoms. The van der Waals surface area contributed by atoms with Crippen LogP contribution in [0.15, 0.2) is 83.0 Å². The van der Waals surface area contributed by atoms with E-state index in [1.165, 1.54) is 28.9 Å². The lowest BCUT2D eigenvalue weighted by molar-refractivity contribution is -0.143. The number of aryl methyl sites for hydroxylation is 1. The van der Waals surface area contributed by atoms with E-state index in [0.717, 1.165) is 27.7 Å². The lowest BCUT2D eigenvalue weighted by atomic mass is 9.90. The highest BCUT2D eigenvalue weighted by Crippen LogP contribution is 2.40. The van der Waals surface area contributed by atoms with Crippen LogP contribution in [0.1, 0.15) is 60.9 Å². The number of rotatable bonds is 10. The molecule has 5 aromatic rings. The molecule has 0 unspecified atom stereocenters. The predicted octanol–water partition coefficient (Wildman–Crippen LogP) is 6.48. The second-order valence-electron chi connectivity index (χ2n) is 14.6. The number of hydrogen-bond donors (Lipinski definition) is 5. The van der Waals surface area contributed by atoms with Crippen LogP contribution in [0.5, 0.6) is 0 Å². The summed E-state index contributed by atoms with van der Waals surface area (Å²) in [5, 5.41) is 8.61. The molecule has 2 amide bonds. The van der Waals surface area contributed by atoms with Gasteiger partial charge in [0.15, 0.2) is 5.78 Å². The highest BCUT2D eigenvalue weighted by atomic mass is 35.5. The van der Waals surface area contributed by atoms with Crippen molar-refractivity contribution >= 4 is 51.9 Å². The van der Waals surface area contributed by atoms with E-state index < -0.39 is 23.9 Å². The summed E-state index contributed by atoms with van der Waals surface area (Å²) < 4.78 is 14.3. The quantitative estimate of drug-likeness (QED) is 0.0782. The standard InChI is InChI=1S/C43H50ClFN8O3S/c1-26-33(32-11-3-4-12-35(32)52-26)23-37-41(55)51-25-31-19-30(27-14-18-48-39(45)22-27)20-34(44)40(31)57-42-29(10-8-17-49-42)24-50-36(13-7-16-47)38(54)21-28(9-5-6-15-46)43(56)53(37)2/h3-4,8,10-12,14,17-20,22,28,36-37,50,52H,5-7,9,13,15-16,21,23-25,46-47H2,1-2H3,(H,51,55)/t28-,36+,37+/m1/s1. The molecule has 57 heavy (non-hydrogen) atoms. The minimum absolute atomic E-state index is 0.00447. The zero-order chi connectivity index (χ0) is 40.5. The number of aromatic nitrogens is 3. The Hall–Kier alpha value is -4.66. The highest BCUT2D eigenvalue weighted by molar-refractivity contribution is 7.99. The van der Waals surface area contributed by atoms with E-state index >= 15 is 0 Å². The number of aromatic amines is 1. The van der Waals surface area contributed by atoms with Crippen LogP contribution in [0.2, 0.25) is 5.02 Å². The third-order valence-electron chi connectivity index (χ3n) is 10.7. The van der Waals surface area contributed by atoms with Crippen molar-refractivity contribution in [1.29, 1.82) is 0 Å². The van der Waals surface area contributed by atoms with Gasteiger partial charge in [-0.3, -0.25) is 14.4 Å². The van der Waals surface area contributed by atoms with Crippen molar-refractivity contribution in [2.45, 2.75) is 87.0 Å². The number of carbonyl (C=O) groups is 3. The van der Waals surface area contributed by atoms with Gasteiger partial charge in [-0.25, -0.2) is 9.97 Å². The molecule has 0 spiro atoms. The Balaban J connectivity index is 1.46. The smallest absolute Gasteiger partial charge is 0.243 e. The van der Waals surface area contributed by atoms with E-state index in [4.69, 9.17) is 28.1 Å². The minimum atomic E-state index is -0.934. The second-order valence-corrected chi connectivity index (χ2v) is 16.0. The van der Waals surface area contributed by atoms with Crippen LogP contribution in [0.25, 0.3) is 22.0 Å². The molecule has 7 N–H and O–H groups in total. The Bertz CT molecular complexity index is 2220. The first-order valence-corrected chi connectivity index (χ1v) is 20.6. The molecule has 1 aliphatic rings. The summed E-state index contributed by atoms with van der Waals surface area (Å²) in [7, 11) is 1.65. The predicted molar refractivity (Wildman–Crippen MR) is 223 cm³/mol. The number of unbranched alkanes of at least 4 members (excludes halogenated alkanes) is 1. The van der Waals surface area contributed by atoms with Gasteiger partial charge >= 0.3 is 0 Å². The van der Waals surface area contributed by atoms with Gasteiger partial charge in [0.2, 0.25) is 17.8 Å². The Labute approximate surface area is 341 Å². The average molecular weight is 813 g/mol. The summed E-state index contributed by atoms with van der Waals surface area (Å²) in [5.41, 5.74) is 17.2. The fraction of sp³-hybridized carbons (Fsp3) is 0.372. The van der Waals surface area contributed by atoms with Gasteiger partial charge in [0, 0.05) is 78.8 Å². The van der Waals surface area contributed by atoms with Crippen molar-refractivity contribution in [3.8, 4) is 11.1 Å². The number of likely N-dealkylation sites (N-methyl/N-ethyl adjacent to an activating group) is 1. The number of hydrogen-bond acceptors (Lipinski definition) is 9. The van der Waals surface area contributed by atoms with Crippen LogP contribution in [0.3, 0.4) is 0 Å². The monoisotopic (exact) mass is 812 g/mol. The number of amides is 2. The molecule has 0 saturated carbocycles. The van der Waals surface area contributed by atoms with Gasteiger partial charge in [-0.1, -0.05) is 54.0 Å². The zero-order valence-electron chi connectivity index (χ0n) is 32.3. The molecule has 0 aliphatic carbocycles. The molecular formula is C43H50ClFN8O3S. The summed E-state index contributed by atoms with van der Waals surface area (Å²) in [6.07, 6.45) is 6.23. The summed E-state index contributed by atoms with van der Waals surface area (Å²) in [5.74, 6) is -2.05. The summed E-state index contributed by atoms with van der Waals surface area (Å²) in [6.45, 7) is 3.21. The van der Waals surface area contributed by atoms with Gasteiger partial charge in [-0.2, -0.15) is 4.39 Å². The highest BCUT2D eigenvalue weighted by Gasteiger charge is 2.35. The number of pyridine rings is 2. The molecule has 0 radical (unpaired) electrons. The van der Waals surface area contributed by atoms with Crippen molar-refractivity contribution < 1.29 is 18.8 Å². The Morgan fingerprint density at radius 2 is 1.72 bits per heavy atom. The first kappa shape index (κ1) is 42.0. The van der Waals surface area contributed by atoms with Crippen LogP contribution in [0, 0.1) is 18.8 Å². The topological polar surface area (TPSA) is 172 Å². The third kappa shape index (κ3) is 10.3. The first-order chi connectivity index (χ1) is 27.6. The third-order valence-corrected chi connectivity index (χ3v) is 12.3. The fourth-order valence-corrected chi connectivity index (χ4v) is 8.85. The molecule has 0 saturated heterocycles. The van der Waals surface area contributed by atoms with E-state index in [2.05, 4.69) is 20.6 Å². The minimum Gasteiger partial charge on any atom is -0.358 e. The van der Waals surface area contributed by atoms with Crippen LogP contribution >= 0.6 is 23.4 Å². The molecule has 14 heteroatoms. The van der Waals surface area contributed by atoms with Crippen LogP contribution in [0.4, 0.5) is 4.39 Å². The molecule has 0 fully saturated rings. The molecule has 4 heterocycles. The zero-order valence-corrected chi connectivity index (χ0v) is 33.9. The number of nitrogens with zero attached hydrogens (tertiary/aromatic N) is 3. The van der Waals surface area contributed by atoms with E-state index in [1.54, 1.807) is 25.4 Å². The van der Waals surface area contributed by atoms with Crippen molar-refractivity contribution in [3.05, 3.63) is 106 Å². The second kappa shape index (κ2) is 19.7. The van der Waals surface area contributed by atoms with Crippen LogP contribution in [-0.2, 0) is 33.9 Å². The van der Waals surface area contributed by atoms with Crippen molar-refractivity contribution in [2.75, 3.05) is 20.1 Å². The lowest BCUT2D eigenvalue weighted by Gasteiger charge is -2.31. The number of nitrogens with two attached hydrogens (primary N) is 2. The molecule has 2 aromatic carbocycles. The molecule has 11 nitrogen and oxygen atoms in total. The van der Waals surface area contributed by atoms with Crippen molar-refractivity contribution in [2.24, 2.45) is 17.4 Å². The fourth-order valence-electron chi connectivity index (χ4n) is 7.50. The van der Waals surface area contributed by atoms with E-state index in [0.29, 0.717) is 83.4 Å². The first-order valence-electron chi connectivity index (χ1n) is 19.4. The van der Waals surface area contributed by atoms with Gasteiger partial charge < -0.3 is 32.0 Å². The molecule has 6 rings (SSSR count). The molecule has 3 aromatic heterocycles. The van der Waals surface area contributed by atoms with E-state index in [1.807, 2.05) is 49.4 Å². The Kier molecular flexibility index (Phi) is 14.5. The van der Waals surface area contributed by atoms with Crippen LogP contribution < -0.4 is 22.1 Å².